The molecule has 8 heteroatoms. The minimum Gasteiger partial charge on any atom is -0.465 e. The van der Waals surface area contributed by atoms with Crippen molar-refractivity contribution in [3.8, 4) is 11.1 Å². The predicted octanol–water partition coefficient (Wildman–Crippen LogP) is 3.94. The van der Waals surface area contributed by atoms with Gasteiger partial charge in [0, 0.05) is 17.3 Å². The summed E-state index contributed by atoms with van der Waals surface area (Å²) < 4.78 is 11.8. The monoisotopic (exact) mass is 386 g/mol. The number of ether oxygens (including phenoxy) is 2. The Balaban J connectivity index is 2.27. The van der Waals surface area contributed by atoms with E-state index in [4.69, 9.17) is 9.47 Å². The van der Waals surface area contributed by atoms with Gasteiger partial charge in [0.25, 0.3) is 0 Å². The van der Waals surface area contributed by atoms with Crippen molar-refractivity contribution in [2.24, 2.45) is 0 Å². The highest BCUT2D eigenvalue weighted by molar-refractivity contribution is 9.11. The van der Waals surface area contributed by atoms with Crippen molar-refractivity contribution in [2.75, 3.05) is 7.11 Å². The average molecular weight is 387 g/mol. The number of hydrogen-bond acceptors (Lipinski definition) is 6. The van der Waals surface area contributed by atoms with E-state index in [9.17, 15) is 9.59 Å². The van der Waals surface area contributed by atoms with Crippen LogP contribution in [0.4, 0.5) is 4.79 Å². The van der Waals surface area contributed by atoms with Gasteiger partial charge in [-0.1, -0.05) is 0 Å². The fraction of sp³-hybridized carbons (Fsp3) is 0.357. The molecule has 0 fully saturated rings. The Morgan fingerprint density at radius 3 is 2.64 bits per heavy atom. The molecule has 2 aromatic heterocycles. The standard InChI is InChI=1S/C14H15BrN2O4S/c1-14(2,3)21-13(19)17-7-8(6-16-17)9-5-10(12(18)20-4)22-11(9)15/h5-7H,1-4H3. The third-order valence-corrected chi connectivity index (χ3v) is 4.36. The first-order chi connectivity index (χ1) is 10.2. The van der Waals surface area contributed by atoms with Crippen molar-refractivity contribution < 1.29 is 19.1 Å². The van der Waals surface area contributed by atoms with Crippen LogP contribution < -0.4 is 0 Å². The zero-order chi connectivity index (χ0) is 16.5. The molecule has 0 aliphatic rings. The second kappa shape index (κ2) is 6.21. The summed E-state index contributed by atoms with van der Waals surface area (Å²) in [4.78, 5) is 24.0. The van der Waals surface area contributed by atoms with Gasteiger partial charge in [-0.25, -0.2) is 9.59 Å². The summed E-state index contributed by atoms with van der Waals surface area (Å²) in [5.74, 6) is -0.406. The summed E-state index contributed by atoms with van der Waals surface area (Å²) in [5, 5.41) is 4.00. The van der Waals surface area contributed by atoms with Gasteiger partial charge in [-0.2, -0.15) is 9.78 Å². The lowest BCUT2D eigenvalue weighted by atomic mass is 10.2. The minimum atomic E-state index is -0.593. The Morgan fingerprint density at radius 1 is 1.36 bits per heavy atom. The molecule has 0 radical (unpaired) electrons. The molecule has 0 atom stereocenters. The number of nitrogens with zero attached hydrogens (tertiary/aromatic N) is 2. The summed E-state index contributed by atoms with van der Waals surface area (Å²) in [7, 11) is 1.33. The molecule has 22 heavy (non-hydrogen) atoms. The zero-order valence-corrected chi connectivity index (χ0v) is 14.9. The van der Waals surface area contributed by atoms with Crippen LogP contribution in [-0.4, -0.2) is 34.6 Å². The van der Waals surface area contributed by atoms with Crippen molar-refractivity contribution in [1.29, 1.82) is 0 Å². The number of esters is 1. The molecule has 2 aromatic rings. The molecule has 0 aromatic carbocycles. The third-order valence-electron chi connectivity index (χ3n) is 2.55. The lowest BCUT2D eigenvalue weighted by molar-refractivity contribution is 0.0513. The second-order valence-electron chi connectivity index (χ2n) is 5.44. The molecule has 2 heterocycles. The van der Waals surface area contributed by atoms with Crippen molar-refractivity contribution in [3.05, 3.63) is 27.1 Å². The van der Waals surface area contributed by atoms with E-state index in [0.29, 0.717) is 10.4 Å². The molecule has 0 saturated carbocycles. The smallest absolute Gasteiger partial charge is 0.435 e. The fourth-order valence-electron chi connectivity index (χ4n) is 1.64. The molecule has 0 aliphatic carbocycles. The maximum atomic E-state index is 11.9. The predicted molar refractivity (Wildman–Crippen MR) is 86.2 cm³/mol. The third kappa shape index (κ3) is 3.75. The first-order valence-electron chi connectivity index (χ1n) is 6.37. The van der Waals surface area contributed by atoms with E-state index in [0.717, 1.165) is 14.0 Å². The molecule has 0 amide bonds. The van der Waals surface area contributed by atoms with E-state index < -0.39 is 17.7 Å². The van der Waals surface area contributed by atoms with E-state index in [2.05, 4.69) is 21.0 Å². The molecular formula is C14H15BrN2O4S. The molecule has 0 saturated heterocycles. The van der Waals surface area contributed by atoms with E-state index in [-0.39, 0.29) is 0 Å². The van der Waals surface area contributed by atoms with Crippen LogP contribution in [0.25, 0.3) is 11.1 Å². The van der Waals surface area contributed by atoms with Gasteiger partial charge in [-0.05, 0) is 42.8 Å². The summed E-state index contributed by atoms with van der Waals surface area (Å²) in [5.41, 5.74) is 0.869. The number of hydrogen-bond donors (Lipinski definition) is 0. The van der Waals surface area contributed by atoms with E-state index >= 15 is 0 Å². The molecule has 6 nitrogen and oxygen atoms in total. The topological polar surface area (TPSA) is 70.4 Å². The average Bonchev–Trinajstić information content (AvgIpc) is 3.02. The van der Waals surface area contributed by atoms with Crippen LogP contribution in [0.1, 0.15) is 30.4 Å². The normalized spacial score (nSPS) is 11.3. The van der Waals surface area contributed by atoms with Crippen LogP contribution in [0.2, 0.25) is 0 Å². The van der Waals surface area contributed by atoms with Gasteiger partial charge in [0.15, 0.2) is 0 Å². The van der Waals surface area contributed by atoms with Gasteiger partial charge in [0.1, 0.15) is 10.5 Å². The van der Waals surface area contributed by atoms with Gasteiger partial charge in [-0.3, -0.25) is 0 Å². The number of carbonyl (C=O) groups excluding carboxylic acids is 2. The second-order valence-corrected chi connectivity index (χ2v) is 7.81. The molecule has 0 aliphatic heterocycles. The number of thiophene rings is 1. The molecule has 0 N–H and O–H groups in total. The highest BCUT2D eigenvalue weighted by Crippen LogP contribution is 2.36. The van der Waals surface area contributed by atoms with E-state index in [1.54, 1.807) is 33.0 Å². The number of carbonyl (C=O) groups is 2. The van der Waals surface area contributed by atoms with Crippen LogP contribution >= 0.6 is 27.3 Å². The van der Waals surface area contributed by atoms with Crippen molar-refractivity contribution in [2.45, 2.75) is 26.4 Å². The largest absolute Gasteiger partial charge is 0.465 e. The number of methoxy groups -OCH3 is 1. The van der Waals surface area contributed by atoms with Gasteiger partial charge in [-0.15, -0.1) is 11.3 Å². The molecule has 118 valence electrons. The van der Waals surface area contributed by atoms with Crippen molar-refractivity contribution in [3.63, 3.8) is 0 Å². The summed E-state index contributed by atoms with van der Waals surface area (Å²) in [6.07, 6.45) is 2.54. The Labute approximate surface area is 140 Å². The SMILES string of the molecule is COC(=O)c1cc(-c2cnn(C(=O)OC(C)(C)C)c2)c(Br)s1. The van der Waals surface area contributed by atoms with Gasteiger partial charge < -0.3 is 9.47 Å². The van der Waals surface area contributed by atoms with Gasteiger partial charge in [0.2, 0.25) is 0 Å². The number of halogens is 1. The van der Waals surface area contributed by atoms with Crippen molar-refractivity contribution in [1.82, 2.24) is 9.78 Å². The molecule has 2 rings (SSSR count). The first kappa shape index (κ1) is 16.7. The molecule has 0 spiro atoms. The van der Waals surface area contributed by atoms with Crippen LogP contribution in [0.15, 0.2) is 22.2 Å². The van der Waals surface area contributed by atoms with Gasteiger partial charge >= 0.3 is 12.1 Å². The minimum absolute atomic E-state index is 0.406. The van der Waals surface area contributed by atoms with E-state index in [1.165, 1.54) is 24.6 Å². The Kier molecular flexibility index (Phi) is 4.72. The van der Waals surface area contributed by atoms with E-state index in [1.807, 2.05) is 0 Å². The van der Waals surface area contributed by atoms with Crippen LogP contribution in [0.3, 0.4) is 0 Å². The molecule has 0 bridgehead atoms. The quantitative estimate of drug-likeness (QED) is 0.730. The maximum Gasteiger partial charge on any atom is 0.435 e. The number of rotatable bonds is 2. The van der Waals surface area contributed by atoms with Crippen LogP contribution in [0.5, 0.6) is 0 Å². The van der Waals surface area contributed by atoms with Crippen LogP contribution in [0, 0.1) is 0 Å². The highest BCUT2D eigenvalue weighted by atomic mass is 79.9. The summed E-state index contributed by atoms with van der Waals surface area (Å²) in [6.45, 7) is 5.36. The Hall–Kier alpha value is -1.67. The fourth-order valence-corrected chi connectivity index (χ4v) is 3.33. The maximum absolute atomic E-state index is 11.9. The molecular weight excluding hydrogens is 372 g/mol. The number of aromatic nitrogens is 2. The van der Waals surface area contributed by atoms with Crippen molar-refractivity contribution >= 4 is 39.3 Å². The zero-order valence-electron chi connectivity index (χ0n) is 12.5. The molecule has 0 unspecified atom stereocenters. The lowest BCUT2D eigenvalue weighted by Gasteiger charge is -2.18. The van der Waals surface area contributed by atoms with Gasteiger partial charge in [0.05, 0.1) is 17.1 Å². The Morgan fingerprint density at radius 2 is 2.05 bits per heavy atom. The van der Waals surface area contributed by atoms with Crippen LogP contribution in [-0.2, 0) is 9.47 Å². The summed E-state index contributed by atoms with van der Waals surface area (Å²) in [6, 6.07) is 1.69. The summed E-state index contributed by atoms with van der Waals surface area (Å²) >= 11 is 4.66. The highest BCUT2D eigenvalue weighted by Gasteiger charge is 2.20. The lowest BCUT2D eigenvalue weighted by Crippen LogP contribution is -2.27. The Bertz CT molecular complexity index is 715. The first-order valence-corrected chi connectivity index (χ1v) is 7.98.